The number of carbonyl (C=O) groups is 2. The monoisotopic (exact) mass is 459 g/mol. The molecule has 2 aromatic rings. The molecule has 0 fully saturated rings. The van der Waals surface area contributed by atoms with Crippen LogP contribution in [0, 0.1) is 5.92 Å². The standard InChI is InChI=1S/C25H37N3O3S/c1-5-18(2)22(26)16-28(15-20-11-8-10-19-9-6-7-12-21(19)20)17-24(29)27-23(13-14-32-4)25(30)31-3/h6-12,18,22-23H,5,13-17,26H2,1-4H3,(H,27,29)/t18?,22-,23+/m1/s1. The van der Waals surface area contributed by atoms with Gasteiger partial charge < -0.3 is 15.8 Å². The molecular weight excluding hydrogens is 422 g/mol. The number of benzene rings is 2. The molecule has 1 unspecified atom stereocenters. The molecule has 3 atom stereocenters. The van der Waals surface area contributed by atoms with Crippen LogP contribution < -0.4 is 11.1 Å². The van der Waals surface area contributed by atoms with Gasteiger partial charge in [0.25, 0.3) is 0 Å². The topological polar surface area (TPSA) is 84.7 Å². The lowest BCUT2D eigenvalue weighted by atomic mass is 9.99. The van der Waals surface area contributed by atoms with Crippen LogP contribution in [0.1, 0.15) is 32.3 Å². The van der Waals surface area contributed by atoms with E-state index in [4.69, 9.17) is 10.5 Å². The molecule has 0 bridgehead atoms. The second-order valence-electron chi connectivity index (χ2n) is 8.28. The zero-order valence-electron chi connectivity index (χ0n) is 19.7. The number of methoxy groups -OCH3 is 1. The molecule has 6 nitrogen and oxygen atoms in total. The number of amides is 1. The molecule has 2 rings (SSSR count). The van der Waals surface area contributed by atoms with Gasteiger partial charge in [0.2, 0.25) is 5.91 Å². The molecule has 0 aliphatic rings. The molecule has 1 amide bonds. The molecule has 0 heterocycles. The fourth-order valence-electron chi connectivity index (χ4n) is 3.71. The summed E-state index contributed by atoms with van der Waals surface area (Å²) in [5.74, 6) is 0.499. The first-order valence-corrected chi connectivity index (χ1v) is 12.6. The third-order valence-electron chi connectivity index (χ3n) is 5.92. The second kappa shape index (κ2) is 13.5. The van der Waals surface area contributed by atoms with Gasteiger partial charge in [-0.05, 0) is 40.7 Å². The number of hydrogen-bond donors (Lipinski definition) is 2. The van der Waals surface area contributed by atoms with Crippen LogP contribution in [0.2, 0.25) is 0 Å². The van der Waals surface area contributed by atoms with Gasteiger partial charge in [-0.15, -0.1) is 0 Å². The second-order valence-corrected chi connectivity index (χ2v) is 9.27. The third-order valence-corrected chi connectivity index (χ3v) is 6.56. The Morgan fingerprint density at radius 2 is 1.91 bits per heavy atom. The molecule has 0 saturated heterocycles. The summed E-state index contributed by atoms with van der Waals surface area (Å²) in [7, 11) is 1.35. The van der Waals surface area contributed by atoms with Crippen LogP contribution in [0.3, 0.4) is 0 Å². The molecule has 0 aromatic heterocycles. The predicted octanol–water partition coefficient (Wildman–Crippen LogP) is 3.43. The summed E-state index contributed by atoms with van der Waals surface area (Å²) in [6.07, 6.45) is 3.49. The summed E-state index contributed by atoms with van der Waals surface area (Å²) in [5, 5.41) is 5.20. The summed E-state index contributed by atoms with van der Waals surface area (Å²) >= 11 is 1.63. The van der Waals surface area contributed by atoms with E-state index in [0.29, 0.717) is 25.4 Å². The van der Waals surface area contributed by atoms with E-state index in [-0.39, 0.29) is 18.5 Å². The van der Waals surface area contributed by atoms with E-state index in [2.05, 4.69) is 48.3 Å². The number of nitrogens with zero attached hydrogens (tertiary/aromatic N) is 1. The van der Waals surface area contributed by atoms with Crippen molar-refractivity contribution in [3.8, 4) is 0 Å². The number of rotatable bonds is 13. The van der Waals surface area contributed by atoms with E-state index < -0.39 is 12.0 Å². The number of fused-ring (bicyclic) bond motifs is 1. The minimum absolute atomic E-state index is 0.0457. The molecule has 2 aromatic carbocycles. The number of esters is 1. The summed E-state index contributed by atoms with van der Waals surface area (Å²) in [6, 6.07) is 13.8. The summed E-state index contributed by atoms with van der Waals surface area (Å²) in [5.41, 5.74) is 7.61. The summed E-state index contributed by atoms with van der Waals surface area (Å²) in [4.78, 5) is 27.1. The maximum Gasteiger partial charge on any atom is 0.328 e. The molecule has 7 heteroatoms. The highest BCUT2D eigenvalue weighted by Crippen LogP contribution is 2.20. The normalized spacial score (nSPS) is 14.2. The maximum absolute atomic E-state index is 12.9. The van der Waals surface area contributed by atoms with Crippen molar-refractivity contribution in [1.29, 1.82) is 0 Å². The highest BCUT2D eigenvalue weighted by molar-refractivity contribution is 7.98. The van der Waals surface area contributed by atoms with Gasteiger partial charge in [0, 0.05) is 19.1 Å². The number of thioether (sulfide) groups is 1. The molecule has 32 heavy (non-hydrogen) atoms. The van der Waals surface area contributed by atoms with Crippen LogP contribution in [0.15, 0.2) is 42.5 Å². The van der Waals surface area contributed by atoms with Crippen molar-refractivity contribution in [3.63, 3.8) is 0 Å². The van der Waals surface area contributed by atoms with Crippen molar-refractivity contribution >= 4 is 34.4 Å². The Bertz CT molecular complexity index is 871. The maximum atomic E-state index is 12.9. The largest absolute Gasteiger partial charge is 0.467 e. The van der Waals surface area contributed by atoms with Gasteiger partial charge in [-0.1, -0.05) is 62.7 Å². The molecule has 0 aliphatic heterocycles. The van der Waals surface area contributed by atoms with Gasteiger partial charge in [0.1, 0.15) is 6.04 Å². The highest BCUT2D eigenvalue weighted by atomic mass is 32.2. The quantitative estimate of drug-likeness (QED) is 0.447. The molecule has 3 N–H and O–H groups in total. The van der Waals surface area contributed by atoms with Crippen molar-refractivity contribution in [2.24, 2.45) is 11.7 Å². The average molecular weight is 460 g/mol. The number of nitrogens with two attached hydrogens (primary N) is 1. The van der Waals surface area contributed by atoms with Crippen molar-refractivity contribution in [2.45, 2.75) is 45.3 Å². The lowest BCUT2D eigenvalue weighted by molar-refractivity contribution is -0.145. The van der Waals surface area contributed by atoms with Crippen LogP contribution >= 0.6 is 11.8 Å². The molecule has 176 valence electrons. The van der Waals surface area contributed by atoms with Crippen LogP contribution in [-0.4, -0.2) is 61.1 Å². The lowest BCUT2D eigenvalue weighted by Crippen LogP contribution is -2.49. The summed E-state index contributed by atoms with van der Waals surface area (Å²) < 4.78 is 4.87. The van der Waals surface area contributed by atoms with E-state index in [1.54, 1.807) is 11.8 Å². The average Bonchev–Trinajstić information content (AvgIpc) is 2.80. The van der Waals surface area contributed by atoms with Crippen LogP contribution in [-0.2, 0) is 20.9 Å². The van der Waals surface area contributed by atoms with Gasteiger partial charge >= 0.3 is 5.97 Å². The van der Waals surface area contributed by atoms with E-state index >= 15 is 0 Å². The zero-order valence-corrected chi connectivity index (χ0v) is 20.5. The Kier molecular flexibility index (Phi) is 11.0. The lowest BCUT2D eigenvalue weighted by Gasteiger charge is -2.29. The Morgan fingerprint density at radius 1 is 1.19 bits per heavy atom. The van der Waals surface area contributed by atoms with E-state index in [1.165, 1.54) is 17.9 Å². The Morgan fingerprint density at radius 3 is 2.59 bits per heavy atom. The smallest absolute Gasteiger partial charge is 0.328 e. The minimum Gasteiger partial charge on any atom is -0.467 e. The van der Waals surface area contributed by atoms with E-state index in [9.17, 15) is 9.59 Å². The minimum atomic E-state index is -0.636. The van der Waals surface area contributed by atoms with Crippen molar-refractivity contribution in [2.75, 3.05) is 32.2 Å². The summed E-state index contributed by atoms with van der Waals surface area (Å²) in [6.45, 7) is 5.63. The number of ether oxygens (including phenoxy) is 1. The first kappa shape index (κ1) is 26.2. The van der Waals surface area contributed by atoms with E-state index in [0.717, 1.165) is 17.7 Å². The van der Waals surface area contributed by atoms with Crippen molar-refractivity contribution in [1.82, 2.24) is 10.2 Å². The van der Waals surface area contributed by atoms with Gasteiger partial charge in [0.15, 0.2) is 0 Å². The number of hydrogen-bond acceptors (Lipinski definition) is 6. The molecule has 0 saturated carbocycles. The SMILES string of the molecule is CCC(C)[C@H](N)CN(CC(=O)N[C@@H](CCSC)C(=O)OC)Cc1cccc2ccccc12. The number of nitrogens with one attached hydrogen (secondary N) is 1. The predicted molar refractivity (Wildman–Crippen MR) is 134 cm³/mol. The highest BCUT2D eigenvalue weighted by Gasteiger charge is 2.24. The Labute approximate surface area is 196 Å². The fourth-order valence-corrected chi connectivity index (χ4v) is 4.18. The van der Waals surface area contributed by atoms with E-state index in [1.807, 2.05) is 24.5 Å². The van der Waals surface area contributed by atoms with Crippen LogP contribution in [0.4, 0.5) is 0 Å². The molecule has 0 spiro atoms. The first-order chi connectivity index (χ1) is 15.4. The van der Waals surface area contributed by atoms with Gasteiger partial charge in [-0.25, -0.2) is 4.79 Å². The first-order valence-electron chi connectivity index (χ1n) is 11.2. The van der Waals surface area contributed by atoms with Gasteiger partial charge in [-0.2, -0.15) is 11.8 Å². The Balaban J connectivity index is 2.18. The van der Waals surface area contributed by atoms with Gasteiger partial charge in [0.05, 0.1) is 13.7 Å². The molecule has 0 radical (unpaired) electrons. The fraction of sp³-hybridized carbons (Fsp3) is 0.520. The van der Waals surface area contributed by atoms with Crippen LogP contribution in [0.5, 0.6) is 0 Å². The molecule has 0 aliphatic carbocycles. The number of carbonyl (C=O) groups excluding carboxylic acids is 2. The Hall–Kier alpha value is -2.09. The van der Waals surface area contributed by atoms with Crippen LogP contribution in [0.25, 0.3) is 10.8 Å². The molecular formula is C25H37N3O3S. The van der Waals surface area contributed by atoms with Crippen molar-refractivity contribution in [3.05, 3.63) is 48.0 Å². The van der Waals surface area contributed by atoms with Gasteiger partial charge in [-0.3, -0.25) is 9.69 Å². The van der Waals surface area contributed by atoms with Crippen molar-refractivity contribution < 1.29 is 14.3 Å². The third kappa shape index (κ3) is 7.80. The zero-order chi connectivity index (χ0) is 23.5.